The first-order chi connectivity index (χ1) is 16.2. The maximum Gasteiger partial charge on any atom is 0.243 e. The van der Waals surface area contributed by atoms with E-state index in [4.69, 9.17) is 21.1 Å². The number of rotatable bonds is 6. The van der Waals surface area contributed by atoms with Gasteiger partial charge in [0.1, 0.15) is 13.2 Å². The second-order valence-electron chi connectivity index (χ2n) is 8.23. The van der Waals surface area contributed by atoms with Gasteiger partial charge < -0.3 is 19.7 Å². The minimum absolute atomic E-state index is 0.100. The Balaban J connectivity index is 1.31. The lowest BCUT2D eigenvalue weighted by Crippen LogP contribution is -2.45. The van der Waals surface area contributed by atoms with Crippen molar-refractivity contribution in [1.29, 1.82) is 0 Å². The molecule has 182 valence electrons. The largest absolute Gasteiger partial charge is 0.486 e. The van der Waals surface area contributed by atoms with E-state index in [0.717, 1.165) is 0 Å². The third-order valence-corrected chi connectivity index (χ3v) is 7.99. The number of carbonyl (C=O) groups excluding carboxylic acids is 2. The fourth-order valence-corrected chi connectivity index (χ4v) is 5.63. The van der Waals surface area contributed by atoms with Gasteiger partial charge in [0, 0.05) is 42.8 Å². The minimum Gasteiger partial charge on any atom is -0.486 e. The Kier molecular flexibility index (Phi) is 7.30. The van der Waals surface area contributed by atoms with Gasteiger partial charge in [0.05, 0.1) is 11.4 Å². The normalized spacial score (nSPS) is 16.6. The smallest absolute Gasteiger partial charge is 0.243 e. The van der Waals surface area contributed by atoms with Gasteiger partial charge in [-0.2, -0.15) is 4.31 Å². The second-order valence-corrected chi connectivity index (χ2v) is 10.6. The van der Waals surface area contributed by atoms with Crippen LogP contribution in [0.25, 0.3) is 0 Å². The van der Waals surface area contributed by atoms with Crippen molar-refractivity contribution in [3.05, 3.63) is 47.5 Å². The molecule has 1 saturated heterocycles. The fourth-order valence-electron chi connectivity index (χ4n) is 4.02. The zero-order chi connectivity index (χ0) is 24.3. The number of sulfonamides is 1. The number of amides is 2. The fraction of sp³-hybridized carbons (Fsp3) is 0.391. The molecule has 11 heteroatoms. The van der Waals surface area contributed by atoms with E-state index >= 15 is 0 Å². The Labute approximate surface area is 203 Å². The number of ether oxygens (including phenoxy) is 2. The van der Waals surface area contributed by atoms with Crippen LogP contribution in [0.2, 0.25) is 5.02 Å². The lowest BCUT2D eigenvalue weighted by Gasteiger charge is -2.32. The van der Waals surface area contributed by atoms with Gasteiger partial charge in [-0.05, 0) is 49.2 Å². The molecule has 34 heavy (non-hydrogen) atoms. The molecule has 0 radical (unpaired) electrons. The molecule has 0 aromatic heterocycles. The number of piperidine rings is 1. The number of carbonyl (C=O) groups is 2. The summed E-state index contributed by atoms with van der Waals surface area (Å²) >= 11 is 5.84. The van der Waals surface area contributed by atoms with Crippen LogP contribution in [0.5, 0.6) is 11.5 Å². The average molecular weight is 508 g/mol. The maximum atomic E-state index is 13.1. The highest BCUT2D eigenvalue weighted by atomic mass is 35.5. The van der Waals surface area contributed by atoms with Crippen LogP contribution in [0.3, 0.4) is 0 Å². The van der Waals surface area contributed by atoms with Crippen molar-refractivity contribution >= 4 is 39.1 Å². The Morgan fingerprint density at radius 1 is 1.06 bits per heavy atom. The molecule has 2 aromatic rings. The van der Waals surface area contributed by atoms with Crippen molar-refractivity contribution in [3.63, 3.8) is 0 Å². The van der Waals surface area contributed by atoms with E-state index in [0.29, 0.717) is 48.3 Å². The number of anilines is 1. The van der Waals surface area contributed by atoms with E-state index in [-0.39, 0.29) is 42.3 Å². The molecule has 0 bridgehead atoms. The van der Waals surface area contributed by atoms with Crippen LogP contribution in [0.1, 0.15) is 12.8 Å². The van der Waals surface area contributed by atoms with E-state index in [1.807, 2.05) is 0 Å². The van der Waals surface area contributed by atoms with Gasteiger partial charge in [0.2, 0.25) is 21.8 Å². The van der Waals surface area contributed by atoms with Crippen molar-refractivity contribution in [2.45, 2.75) is 17.7 Å². The van der Waals surface area contributed by atoms with E-state index in [1.54, 1.807) is 37.4 Å². The predicted octanol–water partition coefficient (Wildman–Crippen LogP) is 2.61. The molecule has 2 amide bonds. The standard InChI is InChI=1S/C23H26ClN3O6S/c1-26(15-22(28)25-18-4-2-17(24)3-5-18)23(29)16-8-10-27(11-9-16)34(30,31)19-6-7-20-21(14-19)33-13-12-32-20/h2-7,14,16H,8-13,15H2,1H3,(H,25,28). The van der Waals surface area contributed by atoms with Gasteiger partial charge in [0.25, 0.3) is 0 Å². The summed E-state index contributed by atoms with van der Waals surface area (Å²) < 4.78 is 38.5. The molecule has 0 saturated carbocycles. The van der Waals surface area contributed by atoms with E-state index in [2.05, 4.69) is 5.32 Å². The molecule has 0 unspecified atom stereocenters. The van der Waals surface area contributed by atoms with Crippen LogP contribution in [0.4, 0.5) is 5.69 Å². The predicted molar refractivity (Wildman–Crippen MR) is 127 cm³/mol. The SMILES string of the molecule is CN(CC(=O)Nc1ccc(Cl)cc1)C(=O)C1CCN(S(=O)(=O)c2ccc3c(c2)OCCO3)CC1. The summed E-state index contributed by atoms with van der Waals surface area (Å²) in [7, 11) is -2.15. The third kappa shape index (κ3) is 5.45. The van der Waals surface area contributed by atoms with Gasteiger partial charge in [-0.15, -0.1) is 0 Å². The number of hydrogen-bond donors (Lipinski definition) is 1. The molecule has 1 N–H and O–H groups in total. The van der Waals surface area contributed by atoms with Crippen LogP contribution in [0.15, 0.2) is 47.4 Å². The Morgan fingerprint density at radius 2 is 1.71 bits per heavy atom. The molecular formula is C23H26ClN3O6S. The molecule has 2 heterocycles. The molecule has 9 nitrogen and oxygen atoms in total. The Hall–Kier alpha value is -2.82. The van der Waals surface area contributed by atoms with E-state index in [1.165, 1.54) is 21.3 Å². The van der Waals surface area contributed by atoms with Gasteiger partial charge in [-0.3, -0.25) is 9.59 Å². The van der Waals surface area contributed by atoms with Crippen LogP contribution in [-0.4, -0.2) is 69.3 Å². The van der Waals surface area contributed by atoms with Crippen LogP contribution >= 0.6 is 11.6 Å². The van der Waals surface area contributed by atoms with E-state index in [9.17, 15) is 18.0 Å². The van der Waals surface area contributed by atoms with E-state index < -0.39 is 10.0 Å². The van der Waals surface area contributed by atoms with Gasteiger partial charge >= 0.3 is 0 Å². The Bertz CT molecular complexity index is 1160. The van der Waals surface area contributed by atoms with Gasteiger partial charge in [-0.25, -0.2) is 8.42 Å². The summed E-state index contributed by atoms with van der Waals surface area (Å²) in [6.45, 7) is 1.14. The molecule has 2 aliphatic rings. The number of fused-ring (bicyclic) bond motifs is 1. The average Bonchev–Trinajstić information content (AvgIpc) is 2.84. The van der Waals surface area contributed by atoms with Crippen molar-refractivity contribution < 1.29 is 27.5 Å². The first-order valence-corrected chi connectivity index (χ1v) is 12.8. The summed E-state index contributed by atoms with van der Waals surface area (Å²) in [5.41, 5.74) is 0.591. The van der Waals surface area contributed by atoms with Crippen LogP contribution in [-0.2, 0) is 19.6 Å². The summed E-state index contributed by atoms with van der Waals surface area (Å²) in [5.74, 6) is 0.0907. The van der Waals surface area contributed by atoms with Gasteiger partial charge in [-0.1, -0.05) is 11.6 Å². The highest BCUT2D eigenvalue weighted by Crippen LogP contribution is 2.34. The quantitative estimate of drug-likeness (QED) is 0.644. The first kappa shape index (κ1) is 24.3. The van der Waals surface area contributed by atoms with Crippen molar-refractivity contribution in [2.75, 3.05) is 45.2 Å². The Morgan fingerprint density at radius 3 is 2.38 bits per heavy atom. The highest BCUT2D eigenvalue weighted by Gasteiger charge is 2.34. The monoisotopic (exact) mass is 507 g/mol. The number of hydrogen-bond acceptors (Lipinski definition) is 6. The third-order valence-electron chi connectivity index (χ3n) is 5.84. The number of benzene rings is 2. The highest BCUT2D eigenvalue weighted by molar-refractivity contribution is 7.89. The zero-order valence-electron chi connectivity index (χ0n) is 18.7. The summed E-state index contributed by atoms with van der Waals surface area (Å²) in [6.07, 6.45) is 0.761. The molecule has 0 atom stereocenters. The van der Waals surface area contributed by atoms with Crippen molar-refractivity contribution in [3.8, 4) is 11.5 Å². The molecule has 0 spiro atoms. The van der Waals surface area contributed by atoms with Crippen molar-refractivity contribution in [2.24, 2.45) is 5.92 Å². The molecule has 1 fully saturated rings. The molecular weight excluding hydrogens is 482 g/mol. The van der Waals surface area contributed by atoms with Crippen LogP contribution in [0, 0.1) is 5.92 Å². The van der Waals surface area contributed by atoms with Crippen molar-refractivity contribution in [1.82, 2.24) is 9.21 Å². The summed E-state index contributed by atoms with van der Waals surface area (Å²) in [4.78, 5) is 26.7. The summed E-state index contributed by atoms with van der Waals surface area (Å²) in [5, 5.41) is 3.29. The minimum atomic E-state index is -3.72. The van der Waals surface area contributed by atoms with Gasteiger partial charge in [0.15, 0.2) is 11.5 Å². The second kappa shape index (κ2) is 10.2. The molecule has 0 aliphatic carbocycles. The number of likely N-dealkylation sites (N-methyl/N-ethyl adjacent to an activating group) is 1. The molecule has 2 aliphatic heterocycles. The zero-order valence-corrected chi connectivity index (χ0v) is 20.3. The molecule has 2 aromatic carbocycles. The maximum absolute atomic E-state index is 13.1. The number of halogens is 1. The first-order valence-electron chi connectivity index (χ1n) is 10.9. The lowest BCUT2D eigenvalue weighted by molar-refractivity contribution is -0.138. The topological polar surface area (TPSA) is 105 Å². The summed E-state index contributed by atoms with van der Waals surface area (Å²) in [6, 6.07) is 11.3. The lowest BCUT2D eigenvalue weighted by atomic mass is 9.96. The van der Waals surface area contributed by atoms with Crippen LogP contribution < -0.4 is 14.8 Å². The number of nitrogens with one attached hydrogen (secondary N) is 1. The number of nitrogens with zero attached hydrogens (tertiary/aromatic N) is 2. The molecule has 4 rings (SSSR count).